The Morgan fingerprint density at radius 2 is 1.71 bits per heavy atom. The second-order valence-electron chi connectivity index (χ2n) is 6.47. The molecule has 17 heavy (non-hydrogen) atoms. The second kappa shape index (κ2) is 3.48. The van der Waals surface area contributed by atoms with Gasteiger partial charge in [-0.2, -0.15) is 5.26 Å². The molecule has 0 amide bonds. The molecule has 0 saturated heterocycles. The molecule has 1 atom stereocenters. The molecule has 1 heterocycles. The molecule has 4 bridgehead atoms. The Bertz CT molecular complexity index is 381. The second-order valence-corrected chi connectivity index (χ2v) is 6.47. The van der Waals surface area contributed by atoms with E-state index >= 15 is 0 Å². The maximum atomic E-state index is 8.89. The van der Waals surface area contributed by atoms with E-state index in [1.165, 1.54) is 37.8 Å². The Morgan fingerprint density at radius 1 is 1.06 bits per heavy atom. The third kappa shape index (κ3) is 1.43. The molecule has 0 aromatic heterocycles. The van der Waals surface area contributed by atoms with Crippen LogP contribution in [0.3, 0.4) is 0 Å². The number of hydrogen-bond donors (Lipinski definition) is 0. The van der Waals surface area contributed by atoms with Crippen LogP contribution >= 0.6 is 0 Å². The summed E-state index contributed by atoms with van der Waals surface area (Å²) in [5.74, 6) is 4.37. The molecule has 5 rings (SSSR count). The van der Waals surface area contributed by atoms with Gasteiger partial charge in [0, 0.05) is 12.3 Å². The van der Waals surface area contributed by atoms with Crippen LogP contribution in [-0.2, 0) is 4.84 Å². The molecule has 1 aliphatic heterocycles. The Hall–Kier alpha value is -1.04. The topological polar surface area (TPSA) is 45.4 Å². The van der Waals surface area contributed by atoms with Crippen molar-refractivity contribution >= 4 is 5.71 Å². The van der Waals surface area contributed by atoms with E-state index in [0.29, 0.717) is 5.92 Å². The van der Waals surface area contributed by atoms with Gasteiger partial charge in [0.1, 0.15) is 6.07 Å². The van der Waals surface area contributed by atoms with E-state index < -0.39 is 0 Å². The summed E-state index contributed by atoms with van der Waals surface area (Å²) in [4.78, 5) is 5.20. The van der Waals surface area contributed by atoms with Gasteiger partial charge in [0.05, 0.1) is 5.71 Å². The molecule has 0 aromatic rings. The predicted octanol–water partition coefficient (Wildman–Crippen LogP) is 2.73. The fraction of sp³-hybridized carbons (Fsp3) is 0.857. The summed E-state index contributed by atoms with van der Waals surface area (Å²) < 4.78 is 0. The number of rotatable bonds is 1. The molecule has 0 radical (unpaired) electrons. The Kier molecular flexibility index (Phi) is 2.03. The molecule has 3 nitrogen and oxygen atoms in total. The Balaban J connectivity index is 1.57. The lowest BCUT2D eigenvalue weighted by Crippen LogP contribution is -2.47. The molecule has 4 fully saturated rings. The van der Waals surface area contributed by atoms with Crippen molar-refractivity contribution in [2.75, 3.05) is 0 Å². The van der Waals surface area contributed by atoms with Crippen molar-refractivity contribution in [3.63, 3.8) is 0 Å². The molecule has 5 aliphatic rings. The van der Waals surface area contributed by atoms with Crippen molar-refractivity contribution in [2.45, 2.75) is 44.6 Å². The van der Waals surface area contributed by atoms with Crippen molar-refractivity contribution in [2.24, 2.45) is 34.7 Å². The summed E-state index contributed by atoms with van der Waals surface area (Å²) in [6, 6.07) is 2.18. The van der Waals surface area contributed by atoms with Crippen molar-refractivity contribution in [3.8, 4) is 6.07 Å². The number of oxime groups is 1. The maximum Gasteiger partial charge on any atom is 0.217 e. The molecular formula is C14H18N2O. The third-order valence-electron chi connectivity index (χ3n) is 5.45. The van der Waals surface area contributed by atoms with Crippen LogP contribution in [0.15, 0.2) is 5.16 Å². The summed E-state index contributed by atoms with van der Waals surface area (Å²) in [6.45, 7) is 0. The van der Waals surface area contributed by atoms with E-state index in [-0.39, 0.29) is 6.10 Å². The highest BCUT2D eigenvalue weighted by Gasteiger charge is 2.50. The predicted molar refractivity (Wildman–Crippen MR) is 63.1 cm³/mol. The van der Waals surface area contributed by atoms with Crippen LogP contribution < -0.4 is 0 Å². The Labute approximate surface area is 102 Å². The lowest BCUT2D eigenvalue weighted by Gasteiger charge is -2.54. The normalized spacial score (nSPS) is 50.9. The highest BCUT2D eigenvalue weighted by molar-refractivity contribution is 5.88. The number of nitrogens with zero attached hydrogens (tertiary/aromatic N) is 2. The minimum Gasteiger partial charge on any atom is -0.377 e. The Morgan fingerprint density at radius 3 is 2.24 bits per heavy atom. The zero-order valence-electron chi connectivity index (χ0n) is 10.0. The standard InChI is InChI=1S/C14H18N2O/c15-7-12-6-13(16-17-12)14-10-2-8-1-9(4-10)5-11(14)3-8/h8-12,14H,1-6H2. The van der Waals surface area contributed by atoms with Crippen molar-refractivity contribution in [1.29, 1.82) is 5.26 Å². The van der Waals surface area contributed by atoms with Gasteiger partial charge in [-0.25, -0.2) is 0 Å². The minimum atomic E-state index is -0.304. The molecule has 0 N–H and O–H groups in total. The molecule has 0 spiro atoms. The fourth-order valence-electron chi connectivity index (χ4n) is 5.13. The van der Waals surface area contributed by atoms with Crippen LogP contribution in [0.1, 0.15) is 38.5 Å². The summed E-state index contributed by atoms with van der Waals surface area (Å²) in [6.07, 6.45) is 7.60. The molecule has 4 saturated carbocycles. The summed E-state index contributed by atoms with van der Waals surface area (Å²) in [7, 11) is 0. The molecule has 4 aliphatic carbocycles. The van der Waals surface area contributed by atoms with E-state index in [0.717, 1.165) is 30.1 Å². The molecule has 3 heteroatoms. The average Bonchev–Trinajstić information content (AvgIpc) is 2.76. The van der Waals surface area contributed by atoms with Gasteiger partial charge in [-0.3, -0.25) is 0 Å². The van der Waals surface area contributed by atoms with Crippen LogP contribution in [0.2, 0.25) is 0 Å². The monoisotopic (exact) mass is 230 g/mol. The first-order valence-electron chi connectivity index (χ1n) is 6.95. The maximum absolute atomic E-state index is 8.89. The molecule has 0 aromatic carbocycles. The van der Waals surface area contributed by atoms with Gasteiger partial charge in [-0.15, -0.1) is 0 Å². The highest BCUT2D eigenvalue weighted by Crippen LogP contribution is 2.57. The van der Waals surface area contributed by atoms with Crippen molar-refractivity contribution < 1.29 is 4.84 Å². The fourth-order valence-corrected chi connectivity index (χ4v) is 5.13. The summed E-state index contributed by atoms with van der Waals surface area (Å²) in [5, 5.41) is 13.1. The van der Waals surface area contributed by atoms with E-state index in [9.17, 15) is 0 Å². The van der Waals surface area contributed by atoms with Gasteiger partial charge in [0.2, 0.25) is 6.10 Å². The van der Waals surface area contributed by atoms with E-state index in [1.54, 1.807) is 0 Å². The van der Waals surface area contributed by atoms with Crippen LogP contribution in [0.4, 0.5) is 0 Å². The first kappa shape index (κ1) is 9.94. The van der Waals surface area contributed by atoms with E-state index in [2.05, 4.69) is 11.2 Å². The minimum absolute atomic E-state index is 0.304. The van der Waals surface area contributed by atoms with Crippen molar-refractivity contribution in [1.82, 2.24) is 0 Å². The highest BCUT2D eigenvalue weighted by atomic mass is 16.6. The summed E-state index contributed by atoms with van der Waals surface area (Å²) >= 11 is 0. The summed E-state index contributed by atoms with van der Waals surface area (Å²) in [5.41, 5.74) is 1.21. The van der Waals surface area contributed by atoms with Gasteiger partial charge in [-0.1, -0.05) is 5.16 Å². The molecule has 1 unspecified atom stereocenters. The zero-order chi connectivity index (χ0) is 11.4. The zero-order valence-corrected chi connectivity index (χ0v) is 10.0. The molecule has 90 valence electrons. The number of nitriles is 1. The van der Waals surface area contributed by atoms with Crippen LogP contribution in [0, 0.1) is 40.9 Å². The van der Waals surface area contributed by atoms with Gasteiger partial charge in [-0.05, 0) is 55.8 Å². The van der Waals surface area contributed by atoms with Crippen LogP contribution in [0.25, 0.3) is 0 Å². The van der Waals surface area contributed by atoms with Gasteiger partial charge in [0.15, 0.2) is 0 Å². The van der Waals surface area contributed by atoms with Gasteiger partial charge < -0.3 is 4.84 Å². The van der Waals surface area contributed by atoms with Crippen LogP contribution in [0.5, 0.6) is 0 Å². The first-order chi connectivity index (χ1) is 8.33. The SMILES string of the molecule is N#CC1CC(C2C3CC4CC(C3)CC2C4)=NO1. The third-order valence-corrected chi connectivity index (χ3v) is 5.45. The van der Waals surface area contributed by atoms with Crippen LogP contribution in [-0.4, -0.2) is 11.8 Å². The van der Waals surface area contributed by atoms with E-state index in [1.807, 2.05) is 0 Å². The van der Waals surface area contributed by atoms with Gasteiger partial charge in [0.25, 0.3) is 0 Å². The van der Waals surface area contributed by atoms with Gasteiger partial charge >= 0.3 is 0 Å². The smallest absolute Gasteiger partial charge is 0.217 e. The number of hydrogen-bond acceptors (Lipinski definition) is 3. The quantitative estimate of drug-likeness (QED) is 0.695. The lowest BCUT2D eigenvalue weighted by atomic mass is 9.51. The van der Waals surface area contributed by atoms with Crippen molar-refractivity contribution in [3.05, 3.63) is 0 Å². The first-order valence-corrected chi connectivity index (χ1v) is 6.95. The largest absolute Gasteiger partial charge is 0.377 e. The average molecular weight is 230 g/mol. The van der Waals surface area contributed by atoms with E-state index in [4.69, 9.17) is 10.1 Å². The molecular weight excluding hydrogens is 212 g/mol. The lowest BCUT2D eigenvalue weighted by molar-refractivity contribution is -0.00895.